The highest BCUT2D eigenvalue weighted by Crippen LogP contribution is 2.29. The molecule has 3 rings (SSSR count). The topological polar surface area (TPSA) is 85.5 Å². The fourth-order valence-corrected chi connectivity index (χ4v) is 3.07. The molecule has 0 aliphatic carbocycles. The fraction of sp³-hybridized carbons (Fsp3) is 0.474. The van der Waals surface area contributed by atoms with Gasteiger partial charge >= 0.3 is 5.97 Å². The normalized spacial score (nSPS) is 15.1. The van der Waals surface area contributed by atoms with Gasteiger partial charge in [-0.15, -0.1) is 0 Å². The molecule has 138 valence electrons. The number of aromatic nitrogens is 2. The van der Waals surface area contributed by atoms with Crippen LogP contribution in [0.5, 0.6) is 0 Å². The summed E-state index contributed by atoms with van der Waals surface area (Å²) in [6.45, 7) is 3.30. The van der Waals surface area contributed by atoms with Crippen LogP contribution in [-0.2, 0) is 14.3 Å². The zero-order chi connectivity index (χ0) is 18.5. The predicted octanol–water partition coefficient (Wildman–Crippen LogP) is 2.70. The number of likely N-dealkylation sites (tertiary alicyclic amines) is 1. The molecule has 0 saturated carbocycles. The van der Waals surface area contributed by atoms with Crippen molar-refractivity contribution in [1.82, 2.24) is 15.0 Å². The zero-order valence-electron chi connectivity index (χ0n) is 15.1. The van der Waals surface area contributed by atoms with Crippen LogP contribution < -0.4 is 0 Å². The van der Waals surface area contributed by atoms with Crippen LogP contribution in [-0.4, -0.2) is 47.1 Å². The van der Waals surface area contributed by atoms with E-state index in [1.165, 1.54) is 12.7 Å². The number of rotatable bonds is 5. The highest BCUT2D eigenvalue weighted by Gasteiger charge is 2.27. The van der Waals surface area contributed by atoms with E-state index in [9.17, 15) is 9.59 Å². The molecule has 1 aliphatic rings. The van der Waals surface area contributed by atoms with Crippen molar-refractivity contribution in [3.05, 3.63) is 35.7 Å². The Balaban J connectivity index is 1.54. The summed E-state index contributed by atoms with van der Waals surface area (Å²) < 4.78 is 10.0. The maximum Gasteiger partial charge on any atom is 0.306 e. The molecular weight excluding hydrogens is 334 g/mol. The number of hydrogen-bond donors (Lipinski definition) is 0. The SMILES string of the molecule is COC(=O)CCC(=O)N1CCC(c2nc(-c3ccc(C)cc3)no2)CC1. The van der Waals surface area contributed by atoms with Crippen molar-refractivity contribution >= 4 is 11.9 Å². The van der Waals surface area contributed by atoms with Gasteiger partial charge in [-0.05, 0) is 19.8 Å². The van der Waals surface area contributed by atoms with E-state index in [4.69, 9.17) is 4.52 Å². The number of piperidine rings is 1. The molecule has 0 spiro atoms. The lowest BCUT2D eigenvalue weighted by Gasteiger charge is -2.30. The van der Waals surface area contributed by atoms with Gasteiger partial charge in [0, 0.05) is 31.0 Å². The Morgan fingerprint density at radius 1 is 1.19 bits per heavy atom. The summed E-state index contributed by atoms with van der Waals surface area (Å²) in [5, 5.41) is 4.09. The Labute approximate surface area is 152 Å². The van der Waals surface area contributed by atoms with Crippen molar-refractivity contribution in [3.63, 3.8) is 0 Å². The van der Waals surface area contributed by atoms with Gasteiger partial charge in [0.05, 0.1) is 13.5 Å². The third kappa shape index (κ3) is 4.28. The van der Waals surface area contributed by atoms with Crippen molar-refractivity contribution in [2.45, 2.75) is 38.5 Å². The maximum absolute atomic E-state index is 12.1. The minimum atomic E-state index is -0.359. The average molecular weight is 357 g/mol. The maximum atomic E-state index is 12.1. The molecule has 2 heterocycles. The second-order valence-electron chi connectivity index (χ2n) is 6.55. The van der Waals surface area contributed by atoms with E-state index in [1.54, 1.807) is 4.90 Å². The molecule has 1 aliphatic heterocycles. The molecular formula is C19H23N3O4. The van der Waals surface area contributed by atoms with Crippen molar-refractivity contribution in [2.24, 2.45) is 0 Å². The first-order valence-corrected chi connectivity index (χ1v) is 8.82. The van der Waals surface area contributed by atoms with Gasteiger partial charge in [-0.3, -0.25) is 9.59 Å². The van der Waals surface area contributed by atoms with Crippen molar-refractivity contribution in [1.29, 1.82) is 0 Å². The van der Waals surface area contributed by atoms with Gasteiger partial charge in [-0.1, -0.05) is 35.0 Å². The molecule has 0 atom stereocenters. The van der Waals surface area contributed by atoms with E-state index in [0.29, 0.717) is 24.8 Å². The summed E-state index contributed by atoms with van der Waals surface area (Å²) in [5.41, 5.74) is 2.11. The lowest BCUT2D eigenvalue weighted by Crippen LogP contribution is -2.38. The van der Waals surface area contributed by atoms with Gasteiger partial charge in [0.15, 0.2) is 0 Å². The highest BCUT2D eigenvalue weighted by molar-refractivity contribution is 5.81. The van der Waals surface area contributed by atoms with E-state index in [2.05, 4.69) is 14.9 Å². The Hall–Kier alpha value is -2.70. The minimum absolute atomic E-state index is 0.0141. The number of methoxy groups -OCH3 is 1. The van der Waals surface area contributed by atoms with Gasteiger partial charge in [0.2, 0.25) is 17.6 Å². The van der Waals surface area contributed by atoms with Crippen LogP contribution in [0.1, 0.15) is 43.1 Å². The van der Waals surface area contributed by atoms with E-state index < -0.39 is 0 Å². The van der Waals surface area contributed by atoms with Gasteiger partial charge in [-0.2, -0.15) is 4.98 Å². The second kappa shape index (κ2) is 8.12. The molecule has 0 N–H and O–H groups in total. The first kappa shape index (κ1) is 18.1. The summed E-state index contributed by atoms with van der Waals surface area (Å²) in [5.74, 6) is 1.01. The summed E-state index contributed by atoms with van der Waals surface area (Å²) >= 11 is 0. The van der Waals surface area contributed by atoms with Crippen LogP contribution in [0.2, 0.25) is 0 Å². The Morgan fingerprint density at radius 3 is 2.54 bits per heavy atom. The molecule has 1 aromatic heterocycles. The highest BCUT2D eigenvalue weighted by atomic mass is 16.5. The summed E-state index contributed by atoms with van der Waals surface area (Å²) in [6, 6.07) is 7.99. The Bertz CT molecular complexity index is 761. The number of hydrogen-bond acceptors (Lipinski definition) is 6. The molecule has 26 heavy (non-hydrogen) atoms. The molecule has 1 saturated heterocycles. The molecule has 1 fully saturated rings. The first-order valence-electron chi connectivity index (χ1n) is 8.82. The molecule has 0 radical (unpaired) electrons. The Kier molecular flexibility index (Phi) is 5.65. The molecule has 7 heteroatoms. The number of esters is 1. The van der Waals surface area contributed by atoms with E-state index in [0.717, 1.165) is 18.4 Å². The van der Waals surface area contributed by atoms with Gasteiger partial charge in [0.1, 0.15) is 0 Å². The second-order valence-corrected chi connectivity index (χ2v) is 6.55. The van der Waals surface area contributed by atoms with Crippen LogP contribution in [0.25, 0.3) is 11.4 Å². The van der Waals surface area contributed by atoms with Crippen LogP contribution in [0, 0.1) is 6.92 Å². The molecule has 1 amide bonds. The molecule has 0 unspecified atom stereocenters. The lowest BCUT2D eigenvalue weighted by molar-refractivity contribution is -0.143. The minimum Gasteiger partial charge on any atom is -0.469 e. The van der Waals surface area contributed by atoms with Gasteiger partial charge in [0.25, 0.3) is 0 Å². The third-order valence-corrected chi connectivity index (χ3v) is 4.72. The number of nitrogens with zero attached hydrogens (tertiary/aromatic N) is 3. The number of aryl methyl sites for hydroxylation is 1. The molecule has 0 bridgehead atoms. The first-order chi connectivity index (χ1) is 12.6. The predicted molar refractivity (Wildman–Crippen MR) is 94.3 cm³/mol. The van der Waals surface area contributed by atoms with E-state index in [1.807, 2.05) is 31.2 Å². The lowest BCUT2D eigenvalue weighted by atomic mass is 9.96. The van der Waals surface area contributed by atoms with Crippen LogP contribution in [0.4, 0.5) is 0 Å². The van der Waals surface area contributed by atoms with Crippen molar-refractivity contribution < 1.29 is 18.8 Å². The smallest absolute Gasteiger partial charge is 0.306 e. The standard InChI is InChI=1S/C19H23N3O4/c1-13-3-5-14(6-4-13)18-20-19(26-21-18)15-9-11-22(12-10-15)16(23)7-8-17(24)25-2/h3-6,15H,7-12H2,1-2H3. The quantitative estimate of drug-likeness (QED) is 0.765. The average Bonchev–Trinajstić information content (AvgIpc) is 3.16. The van der Waals surface area contributed by atoms with Crippen molar-refractivity contribution in [3.8, 4) is 11.4 Å². The van der Waals surface area contributed by atoms with E-state index >= 15 is 0 Å². The van der Waals surface area contributed by atoms with Crippen LogP contribution in [0.3, 0.4) is 0 Å². The molecule has 2 aromatic rings. The third-order valence-electron chi connectivity index (χ3n) is 4.72. The van der Waals surface area contributed by atoms with Crippen LogP contribution >= 0.6 is 0 Å². The zero-order valence-corrected chi connectivity index (χ0v) is 15.1. The fourth-order valence-electron chi connectivity index (χ4n) is 3.07. The molecule has 7 nitrogen and oxygen atoms in total. The monoisotopic (exact) mass is 357 g/mol. The largest absolute Gasteiger partial charge is 0.469 e. The summed E-state index contributed by atoms with van der Waals surface area (Å²) in [6.07, 6.45) is 1.87. The summed E-state index contributed by atoms with van der Waals surface area (Å²) in [7, 11) is 1.33. The van der Waals surface area contributed by atoms with Gasteiger partial charge < -0.3 is 14.2 Å². The molecule has 1 aromatic carbocycles. The number of ether oxygens (including phenoxy) is 1. The summed E-state index contributed by atoms with van der Waals surface area (Å²) in [4.78, 5) is 29.6. The number of benzene rings is 1. The Morgan fingerprint density at radius 2 is 1.88 bits per heavy atom. The van der Waals surface area contributed by atoms with Gasteiger partial charge in [-0.25, -0.2) is 0 Å². The van der Waals surface area contributed by atoms with Crippen molar-refractivity contribution in [2.75, 3.05) is 20.2 Å². The number of carbonyl (C=O) groups is 2. The number of amides is 1. The number of carbonyl (C=O) groups excluding carboxylic acids is 2. The van der Waals surface area contributed by atoms with E-state index in [-0.39, 0.29) is 30.6 Å². The van der Waals surface area contributed by atoms with Crippen LogP contribution in [0.15, 0.2) is 28.8 Å².